The molecular formula is C26H27NO6. The number of aromatic nitrogens is 1. The van der Waals surface area contributed by atoms with Crippen molar-refractivity contribution in [3.63, 3.8) is 0 Å². The molecule has 1 aliphatic carbocycles. The summed E-state index contributed by atoms with van der Waals surface area (Å²) in [5, 5.41) is 0. The second-order valence-electron chi connectivity index (χ2n) is 7.82. The van der Waals surface area contributed by atoms with E-state index < -0.39 is 5.97 Å². The second kappa shape index (κ2) is 9.40. The van der Waals surface area contributed by atoms with Crippen LogP contribution in [0, 0.1) is 0 Å². The highest BCUT2D eigenvalue weighted by Crippen LogP contribution is 2.41. The molecule has 0 saturated carbocycles. The van der Waals surface area contributed by atoms with Gasteiger partial charge in [-0.15, -0.1) is 0 Å². The summed E-state index contributed by atoms with van der Waals surface area (Å²) >= 11 is 0. The molecule has 0 aliphatic heterocycles. The molecule has 2 aromatic carbocycles. The average molecular weight is 450 g/mol. The van der Waals surface area contributed by atoms with E-state index in [2.05, 4.69) is 4.98 Å². The first-order valence-electron chi connectivity index (χ1n) is 10.8. The first-order chi connectivity index (χ1) is 16.0. The minimum absolute atomic E-state index is 0.0198. The number of nitrogens with one attached hydrogen (secondary N) is 1. The maximum Gasteiger partial charge on any atom is 0.355 e. The molecule has 0 saturated heterocycles. The monoisotopic (exact) mass is 449 g/mol. The summed E-state index contributed by atoms with van der Waals surface area (Å²) in [6, 6.07) is 13.0. The first-order valence-corrected chi connectivity index (χ1v) is 10.8. The van der Waals surface area contributed by atoms with Crippen molar-refractivity contribution in [2.45, 2.75) is 25.7 Å². The van der Waals surface area contributed by atoms with Crippen molar-refractivity contribution in [1.82, 2.24) is 4.98 Å². The summed E-state index contributed by atoms with van der Waals surface area (Å²) in [5.41, 5.74) is 3.91. The standard InChI is InChI=1S/C26H27NO6/c1-5-33-26(29)25-23(15-6-9-18(30-2)10-7-15)24-19(27-25)12-17(13-20(24)28)16-8-11-21(31-3)22(14-16)32-4/h6-11,14,17,27H,5,12-13H2,1-4H3/t17-/m1/s1. The number of hydrogen-bond donors (Lipinski definition) is 1. The van der Waals surface area contributed by atoms with Gasteiger partial charge in [-0.25, -0.2) is 4.79 Å². The number of aromatic amines is 1. The number of rotatable bonds is 7. The van der Waals surface area contributed by atoms with Crippen LogP contribution in [-0.4, -0.2) is 44.7 Å². The molecule has 1 aromatic heterocycles. The van der Waals surface area contributed by atoms with Gasteiger partial charge in [-0.2, -0.15) is 0 Å². The molecule has 0 radical (unpaired) electrons. The Bertz CT molecular complexity index is 1180. The van der Waals surface area contributed by atoms with Crippen molar-refractivity contribution in [2.24, 2.45) is 0 Å². The van der Waals surface area contributed by atoms with Crippen molar-refractivity contribution in [3.05, 3.63) is 65.0 Å². The van der Waals surface area contributed by atoms with Crippen molar-refractivity contribution >= 4 is 11.8 Å². The number of ether oxygens (including phenoxy) is 4. The molecule has 1 N–H and O–H groups in total. The van der Waals surface area contributed by atoms with Crippen LogP contribution < -0.4 is 14.2 Å². The molecule has 7 nitrogen and oxygen atoms in total. The molecule has 0 unspecified atom stereocenters. The number of carbonyl (C=O) groups excluding carboxylic acids is 2. The SMILES string of the molecule is CCOC(=O)c1[nH]c2c(c1-c1ccc(OC)cc1)C(=O)C[C@H](c1ccc(OC)c(OC)c1)C2. The van der Waals surface area contributed by atoms with Gasteiger partial charge >= 0.3 is 5.97 Å². The Labute approximate surface area is 192 Å². The van der Waals surface area contributed by atoms with Crippen molar-refractivity contribution in [1.29, 1.82) is 0 Å². The van der Waals surface area contributed by atoms with Crippen LogP contribution in [-0.2, 0) is 11.2 Å². The van der Waals surface area contributed by atoms with E-state index in [-0.39, 0.29) is 18.3 Å². The molecule has 0 amide bonds. The Hall–Kier alpha value is -3.74. The van der Waals surface area contributed by atoms with Gasteiger partial charge in [-0.05, 0) is 54.7 Å². The molecule has 172 valence electrons. The van der Waals surface area contributed by atoms with Gasteiger partial charge in [0.15, 0.2) is 17.3 Å². The third-order valence-electron chi connectivity index (χ3n) is 5.98. The number of fused-ring (bicyclic) bond motifs is 1. The third-order valence-corrected chi connectivity index (χ3v) is 5.98. The zero-order chi connectivity index (χ0) is 23.5. The zero-order valence-corrected chi connectivity index (χ0v) is 19.2. The Morgan fingerprint density at radius 1 is 0.939 bits per heavy atom. The Morgan fingerprint density at radius 2 is 1.67 bits per heavy atom. The molecule has 0 fully saturated rings. The highest BCUT2D eigenvalue weighted by Gasteiger charge is 2.34. The maximum atomic E-state index is 13.4. The topological polar surface area (TPSA) is 86.9 Å². The zero-order valence-electron chi connectivity index (χ0n) is 19.2. The van der Waals surface area contributed by atoms with E-state index in [4.69, 9.17) is 18.9 Å². The minimum atomic E-state index is -0.479. The third kappa shape index (κ3) is 4.18. The van der Waals surface area contributed by atoms with Crippen LogP contribution in [0.15, 0.2) is 42.5 Å². The van der Waals surface area contributed by atoms with Crippen LogP contribution in [0.25, 0.3) is 11.1 Å². The van der Waals surface area contributed by atoms with Crippen LogP contribution in [0.1, 0.15) is 51.4 Å². The lowest BCUT2D eigenvalue weighted by molar-refractivity contribution is 0.0521. The number of ketones is 1. The molecule has 1 heterocycles. The van der Waals surface area contributed by atoms with Crippen LogP contribution in [0.4, 0.5) is 0 Å². The Kier molecular flexibility index (Phi) is 6.40. The minimum Gasteiger partial charge on any atom is -0.497 e. The number of benzene rings is 2. The smallest absolute Gasteiger partial charge is 0.355 e. The second-order valence-corrected chi connectivity index (χ2v) is 7.82. The molecule has 3 aromatic rings. The van der Waals surface area contributed by atoms with Gasteiger partial charge in [0.2, 0.25) is 0 Å². The molecule has 1 atom stereocenters. The Balaban J connectivity index is 1.78. The predicted octanol–water partition coefficient (Wildman–Crippen LogP) is 4.80. The summed E-state index contributed by atoms with van der Waals surface area (Å²) in [6.45, 7) is 2.00. The summed E-state index contributed by atoms with van der Waals surface area (Å²) in [7, 11) is 4.77. The molecule has 1 aliphatic rings. The molecular weight excluding hydrogens is 422 g/mol. The highest BCUT2D eigenvalue weighted by atomic mass is 16.5. The van der Waals surface area contributed by atoms with E-state index in [0.717, 1.165) is 16.8 Å². The van der Waals surface area contributed by atoms with Gasteiger partial charge in [-0.1, -0.05) is 18.2 Å². The summed E-state index contributed by atoms with van der Waals surface area (Å²) in [5.74, 6) is 1.39. The number of carbonyl (C=O) groups is 2. The molecule has 0 spiro atoms. The van der Waals surface area contributed by atoms with E-state index in [0.29, 0.717) is 46.9 Å². The van der Waals surface area contributed by atoms with E-state index in [9.17, 15) is 9.59 Å². The largest absolute Gasteiger partial charge is 0.497 e. The summed E-state index contributed by atoms with van der Waals surface area (Å²) < 4.78 is 21.3. The molecule has 4 rings (SSSR count). The Morgan fingerprint density at radius 3 is 2.30 bits per heavy atom. The summed E-state index contributed by atoms with van der Waals surface area (Å²) in [6.07, 6.45) is 0.908. The fraction of sp³-hybridized carbons (Fsp3) is 0.308. The molecule has 33 heavy (non-hydrogen) atoms. The lowest BCUT2D eigenvalue weighted by Gasteiger charge is -2.23. The van der Waals surface area contributed by atoms with Gasteiger partial charge < -0.3 is 23.9 Å². The maximum absolute atomic E-state index is 13.4. The van der Waals surface area contributed by atoms with Gasteiger partial charge in [0.1, 0.15) is 11.4 Å². The van der Waals surface area contributed by atoms with Crippen molar-refractivity contribution < 1.29 is 28.5 Å². The van der Waals surface area contributed by atoms with Crippen molar-refractivity contribution in [3.8, 4) is 28.4 Å². The van der Waals surface area contributed by atoms with Gasteiger partial charge in [0.05, 0.1) is 27.9 Å². The number of H-pyrrole nitrogens is 1. The number of methoxy groups -OCH3 is 3. The fourth-order valence-corrected chi connectivity index (χ4v) is 4.40. The van der Waals surface area contributed by atoms with Crippen LogP contribution in [0.3, 0.4) is 0 Å². The van der Waals surface area contributed by atoms with Gasteiger partial charge in [0, 0.05) is 23.2 Å². The predicted molar refractivity (Wildman–Crippen MR) is 124 cm³/mol. The van der Waals surface area contributed by atoms with E-state index in [1.165, 1.54) is 0 Å². The van der Waals surface area contributed by atoms with E-state index in [1.54, 1.807) is 28.3 Å². The number of Topliss-reactive ketones (excluding diaryl/α,β-unsaturated/α-hetero) is 1. The van der Waals surface area contributed by atoms with E-state index >= 15 is 0 Å². The normalized spacial score (nSPS) is 15.0. The molecule has 0 bridgehead atoms. The summed E-state index contributed by atoms with van der Waals surface area (Å²) in [4.78, 5) is 29.4. The number of hydrogen-bond acceptors (Lipinski definition) is 6. The van der Waals surface area contributed by atoms with E-state index in [1.807, 2.05) is 42.5 Å². The van der Waals surface area contributed by atoms with Crippen LogP contribution in [0.5, 0.6) is 17.2 Å². The van der Waals surface area contributed by atoms with Gasteiger partial charge in [0.25, 0.3) is 0 Å². The fourth-order valence-electron chi connectivity index (χ4n) is 4.40. The molecule has 7 heteroatoms. The number of esters is 1. The quantitative estimate of drug-likeness (QED) is 0.522. The highest BCUT2D eigenvalue weighted by molar-refractivity contribution is 6.10. The van der Waals surface area contributed by atoms with Crippen LogP contribution >= 0.6 is 0 Å². The van der Waals surface area contributed by atoms with Crippen LogP contribution in [0.2, 0.25) is 0 Å². The average Bonchev–Trinajstić information content (AvgIpc) is 3.24. The van der Waals surface area contributed by atoms with Crippen molar-refractivity contribution in [2.75, 3.05) is 27.9 Å². The lowest BCUT2D eigenvalue weighted by atomic mass is 9.80. The first kappa shape index (κ1) is 22.5. The lowest BCUT2D eigenvalue weighted by Crippen LogP contribution is -2.18. The van der Waals surface area contributed by atoms with Gasteiger partial charge in [-0.3, -0.25) is 4.79 Å².